The van der Waals surface area contributed by atoms with Crippen LogP contribution in [-0.4, -0.2) is 16.6 Å². The summed E-state index contributed by atoms with van der Waals surface area (Å²) in [6, 6.07) is 3.47. The number of carbonyl (C=O) groups is 1. The van der Waals surface area contributed by atoms with Crippen LogP contribution in [0.15, 0.2) is 41.8 Å². The third kappa shape index (κ3) is 2.98. The van der Waals surface area contributed by atoms with Crippen LogP contribution < -0.4 is 5.43 Å². The van der Waals surface area contributed by atoms with Gasteiger partial charge in [0, 0.05) is 29.1 Å². The van der Waals surface area contributed by atoms with Crippen LogP contribution in [0.25, 0.3) is 0 Å². The summed E-state index contributed by atoms with van der Waals surface area (Å²) in [6.45, 7) is 5.01. The second kappa shape index (κ2) is 7.07. The molecule has 4 aliphatic carbocycles. The van der Waals surface area contributed by atoms with Crippen LogP contribution in [0.3, 0.4) is 0 Å². The van der Waals surface area contributed by atoms with E-state index in [0.29, 0.717) is 11.0 Å². The Labute approximate surface area is 174 Å². The van der Waals surface area contributed by atoms with E-state index < -0.39 is 0 Å². The molecule has 3 saturated carbocycles. The number of hydrogen-bond acceptors (Lipinski definition) is 3. The standard InChI is InChI=1S/C25H33N3O/c1-24-13-4-3-5-18(24)6-7-19-20-8-9-22(25(20,2)14-10-21(19)24)27-28-23(29)17-11-15-26-16-12-17/h3-4,11-12,15-16,18-21H,5-10,13-14H2,1-2H3,(H,28,29)/b27-22-/t18-,19-,20+,21-,24+,25-/m1/s1. The van der Waals surface area contributed by atoms with Gasteiger partial charge in [-0.25, -0.2) is 5.43 Å². The number of amides is 1. The molecule has 1 N–H and O–H groups in total. The highest BCUT2D eigenvalue weighted by Gasteiger charge is 2.58. The van der Waals surface area contributed by atoms with E-state index >= 15 is 0 Å². The summed E-state index contributed by atoms with van der Waals surface area (Å²) in [5.74, 6) is 3.15. The van der Waals surface area contributed by atoms with Crippen LogP contribution in [0.5, 0.6) is 0 Å². The Kier molecular flexibility index (Phi) is 4.64. The monoisotopic (exact) mass is 391 g/mol. The van der Waals surface area contributed by atoms with Crippen molar-refractivity contribution >= 4 is 11.6 Å². The predicted molar refractivity (Wildman–Crippen MR) is 115 cm³/mol. The van der Waals surface area contributed by atoms with Gasteiger partial charge in [-0.15, -0.1) is 0 Å². The lowest BCUT2D eigenvalue weighted by molar-refractivity contribution is -0.0761. The molecule has 0 aliphatic heterocycles. The van der Waals surface area contributed by atoms with E-state index in [1.807, 2.05) is 0 Å². The van der Waals surface area contributed by atoms with Gasteiger partial charge in [0.15, 0.2) is 0 Å². The number of aromatic nitrogens is 1. The minimum atomic E-state index is -0.136. The topological polar surface area (TPSA) is 54.4 Å². The number of rotatable bonds is 2. The Bertz CT molecular complexity index is 847. The molecular weight excluding hydrogens is 358 g/mol. The molecule has 1 aromatic rings. The molecule has 0 aromatic carbocycles. The van der Waals surface area contributed by atoms with Crippen LogP contribution in [0.1, 0.15) is 75.6 Å². The Hall–Kier alpha value is -1.97. The number of hydrazone groups is 1. The van der Waals surface area contributed by atoms with E-state index in [9.17, 15) is 4.79 Å². The summed E-state index contributed by atoms with van der Waals surface area (Å²) in [6.07, 6.45) is 18.3. The molecule has 3 fully saturated rings. The highest BCUT2D eigenvalue weighted by atomic mass is 16.2. The van der Waals surface area contributed by atoms with E-state index in [0.717, 1.165) is 30.1 Å². The highest BCUT2D eigenvalue weighted by Crippen LogP contribution is 2.64. The molecule has 0 bridgehead atoms. The van der Waals surface area contributed by atoms with Crippen molar-refractivity contribution < 1.29 is 4.79 Å². The van der Waals surface area contributed by atoms with Gasteiger partial charge in [0.1, 0.15) is 0 Å². The van der Waals surface area contributed by atoms with Crippen LogP contribution in [0.4, 0.5) is 0 Å². The van der Waals surface area contributed by atoms with Crippen molar-refractivity contribution in [3.05, 3.63) is 42.2 Å². The van der Waals surface area contributed by atoms with Gasteiger partial charge in [-0.05, 0) is 92.6 Å². The minimum absolute atomic E-state index is 0.136. The van der Waals surface area contributed by atoms with Crippen LogP contribution >= 0.6 is 0 Å². The Morgan fingerprint density at radius 1 is 1.10 bits per heavy atom. The highest BCUT2D eigenvalue weighted by molar-refractivity contribution is 5.97. The Morgan fingerprint density at radius 3 is 2.76 bits per heavy atom. The van der Waals surface area contributed by atoms with Gasteiger partial charge in [-0.2, -0.15) is 5.10 Å². The average Bonchev–Trinajstić information content (AvgIpc) is 3.08. The number of pyridine rings is 1. The quantitative estimate of drug-likeness (QED) is 0.544. The van der Waals surface area contributed by atoms with E-state index in [1.165, 1.54) is 50.7 Å². The minimum Gasteiger partial charge on any atom is -0.267 e. The van der Waals surface area contributed by atoms with Crippen molar-refractivity contribution in [2.24, 2.45) is 39.6 Å². The number of hydrogen-bond donors (Lipinski definition) is 1. The van der Waals surface area contributed by atoms with Gasteiger partial charge >= 0.3 is 0 Å². The summed E-state index contributed by atoms with van der Waals surface area (Å²) in [7, 11) is 0. The molecule has 1 aromatic heterocycles. The number of nitrogens with one attached hydrogen (secondary N) is 1. The summed E-state index contributed by atoms with van der Waals surface area (Å²) in [4.78, 5) is 16.4. The summed E-state index contributed by atoms with van der Waals surface area (Å²) >= 11 is 0. The smallest absolute Gasteiger partial charge is 0.267 e. The van der Waals surface area contributed by atoms with Gasteiger partial charge in [0.25, 0.3) is 5.91 Å². The second-order valence-electron chi connectivity index (χ2n) is 10.3. The lowest BCUT2D eigenvalue weighted by Gasteiger charge is -2.59. The first-order valence-corrected chi connectivity index (χ1v) is 11.4. The van der Waals surface area contributed by atoms with Gasteiger partial charge in [-0.3, -0.25) is 9.78 Å². The first kappa shape index (κ1) is 19.0. The fourth-order valence-corrected chi connectivity index (χ4v) is 7.50. The maximum absolute atomic E-state index is 12.4. The van der Waals surface area contributed by atoms with Gasteiger partial charge in [0.05, 0.1) is 0 Å². The molecule has 6 atom stereocenters. The molecule has 5 rings (SSSR count). The third-order valence-electron chi connectivity index (χ3n) is 9.19. The van der Waals surface area contributed by atoms with Crippen LogP contribution in [-0.2, 0) is 0 Å². The molecule has 0 unspecified atom stereocenters. The third-order valence-corrected chi connectivity index (χ3v) is 9.19. The van der Waals surface area contributed by atoms with E-state index in [4.69, 9.17) is 0 Å². The molecule has 154 valence electrons. The summed E-state index contributed by atoms with van der Waals surface area (Å²) in [5.41, 5.74) is 5.32. The van der Waals surface area contributed by atoms with Crippen molar-refractivity contribution in [1.29, 1.82) is 0 Å². The lowest BCUT2D eigenvalue weighted by atomic mass is 9.46. The summed E-state index contributed by atoms with van der Waals surface area (Å²) < 4.78 is 0. The van der Waals surface area contributed by atoms with Crippen LogP contribution in [0, 0.1) is 34.5 Å². The fraction of sp³-hybridized carbons (Fsp3) is 0.640. The fourth-order valence-electron chi connectivity index (χ4n) is 7.50. The van der Waals surface area contributed by atoms with E-state index in [1.54, 1.807) is 24.5 Å². The zero-order valence-corrected chi connectivity index (χ0v) is 17.7. The zero-order valence-electron chi connectivity index (χ0n) is 17.7. The van der Waals surface area contributed by atoms with Crippen LogP contribution in [0.2, 0.25) is 0 Å². The molecule has 1 heterocycles. The normalized spacial score (nSPS) is 42.1. The maximum Gasteiger partial charge on any atom is 0.271 e. The number of nitrogens with zero attached hydrogens (tertiary/aromatic N) is 2. The first-order valence-electron chi connectivity index (χ1n) is 11.4. The van der Waals surface area contributed by atoms with Crippen molar-refractivity contribution in [3.8, 4) is 0 Å². The molecule has 0 saturated heterocycles. The van der Waals surface area contributed by atoms with Gasteiger partial charge in [0.2, 0.25) is 0 Å². The van der Waals surface area contributed by atoms with Gasteiger partial charge < -0.3 is 0 Å². The molecule has 4 nitrogen and oxygen atoms in total. The van der Waals surface area contributed by atoms with E-state index in [-0.39, 0.29) is 11.3 Å². The SMILES string of the molecule is C[C@]12CC=CC[C@@H]1CC[C@H]1[C@H]2CC[C@@]2(C)/C(=N\NC(=O)c3ccncc3)CC[C@@H]12. The lowest BCUT2D eigenvalue weighted by Crippen LogP contribution is -2.52. The average molecular weight is 392 g/mol. The summed E-state index contributed by atoms with van der Waals surface area (Å²) in [5, 5.41) is 4.68. The Balaban J connectivity index is 1.35. The van der Waals surface area contributed by atoms with E-state index in [2.05, 4.69) is 41.5 Å². The number of fused-ring (bicyclic) bond motifs is 5. The largest absolute Gasteiger partial charge is 0.271 e. The van der Waals surface area contributed by atoms with Crippen molar-refractivity contribution in [2.45, 2.75) is 65.2 Å². The number of allylic oxidation sites excluding steroid dienone is 2. The molecule has 1 amide bonds. The predicted octanol–water partition coefficient (Wildman–Crippen LogP) is 5.38. The van der Waals surface area contributed by atoms with Crippen molar-refractivity contribution in [3.63, 3.8) is 0 Å². The second-order valence-corrected chi connectivity index (χ2v) is 10.3. The van der Waals surface area contributed by atoms with Gasteiger partial charge in [-0.1, -0.05) is 26.0 Å². The molecule has 4 heteroatoms. The zero-order chi connectivity index (χ0) is 20.1. The molecule has 4 aliphatic rings. The van der Waals surface area contributed by atoms with Crippen molar-refractivity contribution in [2.75, 3.05) is 0 Å². The molecule has 0 spiro atoms. The molecular formula is C25H33N3O. The van der Waals surface area contributed by atoms with Crippen molar-refractivity contribution in [1.82, 2.24) is 10.4 Å². The first-order chi connectivity index (χ1) is 14.0. The number of carbonyl (C=O) groups excluding carboxylic acids is 1. The molecule has 29 heavy (non-hydrogen) atoms. The maximum atomic E-state index is 12.4. The molecule has 0 radical (unpaired) electrons. The Morgan fingerprint density at radius 2 is 1.93 bits per heavy atom.